The molecule has 1 amide bonds. The minimum absolute atomic E-state index is 0.0256. The molecule has 8 heteroatoms. The van der Waals surface area contributed by atoms with E-state index in [0.29, 0.717) is 15.9 Å². The third-order valence-electron chi connectivity index (χ3n) is 4.26. The molecule has 1 aromatic heterocycles. The van der Waals surface area contributed by atoms with Gasteiger partial charge in [-0.05, 0) is 29.8 Å². The molecule has 0 radical (unpaired) electrons. The topological polar surface area (TPSA) is 90.3 Å². The van der Waals surface area contributed by atoms with Gasteiger partial charge in [-0.25, -0.2) is 0 Å². The molecule has 1 unspecified atom stereocenters. The van der Waals surface area contributed by atoms with Crippen LogP contribution in [0.2, 0.25) is 5.02 Å². The first-order valence-electron chi connectivity index (χ1n) is 8.54. The highest BCUT2D eigenvalue weighted by atomic mass is 35.5. The molecule has 0 aliphatic rings. The second-order valence-electron chi connectivity index (χ2n) is 6.14. The lowest BCUT2D eigenvalue weighted by atomic mass is 10.0. The number of fused-ring (bicyclic) bond motifs is 1. The van der Waals surface area contributed by atoms with Crippen LogP contribution in [0.3, 0.4) is 0 Å². The van der Waals surface area contributed by atoms with E-state index in [-0.39, 0.29) is 24.3 Å². The second kappa shape index (κ2) is 8.67. The number of aromatic nitrogens is 2. The molecule has 0 fully saturated rings. The summed E-state index contributed by atoms with van der Waals surface area (Å²) in [6.45, 7) is -0.105. The van der Waals surface area contributed by atoms with Crippen LogP contribution in [0.15, 0.2) is 59.5 Å². The van der Waals surface area contributed by atoms with Gasteiger partial charge >= 0.3 is 5.97 Å². The van der Waals surface area contributed by atoms with Gasteiger partial charge in [-0.3, -0.25) is 19.1 Å². The van der Waals surface area contributed by atoms with Crippen LogP contribution < -0.4 is 10.7 Å². The molecule has 28 heavy (non-hydrogen) atoms. The summed E-state index contributed by atoms with van der Waals surface area (Å²) in [6.07, 6.45) is 1.16. The molecular weight excluding hydrogens is 382 g/mol. The van der Waals surface area contributed by atoms with Gasteiger partial charge in [0.05, 0.1) is 31.3 Å². The van der Waals surface area contributed by atoms with Crippen LogP contribution in [-0.2, 0) is 20.9 Å². The molecule has 1 heterocycles. The van der Waals surface area contributed by atoms with Crippen LogP contribution in [-0.4, -0.2) is 28.8 Å². The number of amides is 1. The van der Waals surface area contributed by atoms with Crippen molar-refractivity contribution in [3.05, 3.63) is 75.5 Å². The van der Waals surface area contributed by atoms with Gasteiger partial charge in [0.25, 0.3) is 0 Å². The van der Waals surface area contributed by atoms with Crippen molar-refractivity contribution in [2.75, 3.05) is 7.11 Å². The van der Waals surface area contributed by atoms with E-state index in [1.54, 1.807) is 48.5 Å². The van der Waals surface area contributed by atoms with Crippen molar-refractivity contribution >= 4 is 34.4 Å². The number of hydrogen-bond donors (Lipinski definition) is 1. The van der Waals surface area contributed by atoms with E-state index in [9.17, 15) is 14.4 Å². The quantitative estimate of drug-likeness (QED) is 0.643. The highest BCUT2D eigenvalue weighted by molar-refractivity contribution is 6.30. The molecule has 7 nitrogen and oxygen atoms in total. The third-order valence-corrected chi connectivity index (χ3v) is 4.51. The minimum atomic E-state index is -0.581. The number of halogens is 1. The zero-order valence-corrected chi connectivity index (χ0v) is 15.8. The van der Waals surface area contributed by atoms with E-state index in [4.69, 9.17) is 16.3 Å². The third kappa shape index (κ3) is 4.55. The van der Waals surface area contributed by atoms with Crippen LogP contribution in [0.1, 0.15) is 18.0 Å². The number of ether oxygens (including phenoxy) is 1. The number of hydrogen-bond acceptors (Lipinski definition) is 5. The molecule has 1 N–H and O–H groups in total. The second-order valence-corrected chi connectivity index (χ2v) is 6.57. The number of para-hydroxylation sites is 1. The fraction of sp³-hybridized carbons (Fsp3) is 0.200. The number of benzene rings is 2. The number of nitrogens with zero attached hydrogens (tertiary/aromatic N) is 2. The molecule has 0 saturated heterocycles. The van der Waals surface area contributed by atoms with E-state index < -0.39 is 12.0 Å². The predicted octanol–water partition coefficient (Wildman–Crippen LogP) is 2.47. The van der Waals surface area contributed by atoms with E-state index in [0.717, 1.165) is 5.56 Å². The molecule has 1 atom stereocenters. The largest absolute Gasteiger partial charge is 0.469 e. The van der Waals surface area contributed by atoms with Gasteiger partial charge in [-0.1, -0.05) is 35.9 Å². The van der Waals surface area contributed by atoms with Crippen molar-refractivity contribution in [3.8, 4) is 0 Å². The molecule has 0 saturated carbocycles. The standard InChI is InChI=1S/C20H18ClN3O4/c1-28-20(27)10-16(13-6-8-14(21)9-7-13)23-19(26)12-24-17-5-3-2-4-15(17)18(25)11-22-24/h2-9,11,16H,10,12H2,1H3,(H,23,26). The number of carbonyl (C=O) groups is 2. The number of methoxy groups -OCH3 is 1. The van der Waals surface area contributed by atoms with Gasteiger partial charge in [-0.15, -0.1) is 0 Å². The predicted molar refractivity (Wildman–Crippen MR) is 105 cm³/mol. The molecule has 0 bridgehead atoms. The van der Waals surface area contributed by atoms with Crippen LogP contribution in [0.25, 0.3) is 10.9 Å². The fourth-order valence-corrected chi connectivity index (χ4v) is 2.99. The molecule has 0 aliphatic heterocycles. The maximum Gasteiger partial charge on any atom is 0.307 e. The minimum Gasteiger partial charge on any atom is -0.469 e. The van der Waals surface area contributed by atoms with Crippen molar-refractivity contribution in [2.45, 2.75) is 19.0 Å². The lowest BCUT2D eigenvalue weighted by Crippen LogP contribution is -2.34. The number of carbonyl (C=O) groups excluding carboxylic acids is 2. The summed E-state index contributed by atoms with van der Waals surface area (Å²) in [5, 5.41) is 7.91. The van der Waals surface area contributed by atoms with Crippen molar-refractivity contribution in [3.63, 3.8) is 0 Å². The first-order valence-corrected chi connectivity index (χ1v) is 8.92. The normalized spacial score (nSPS) is 11.8. The average Bonchev–Trinajstić information content (AvgIpc) is 2.70. The zero-order chi connectivity index (χ0) is 20.1. The highest BCUT2D eigenvalue weighted by Gasteiger charge is 2.19. The molecule has 0 spiro atoms. The van der Waals surface area contributed by atoms with E-state index >= 15 is 0 Å². The number of rotatable bonds is 6. The Labute approximate surface area is 165 Å². The van der Waals surface area contributed by atoms with Crippen molar-refractivity contribution < 1.29 is 14.3 Å². The Morgan fingerprint density at radius 3 is 2.61 bits per heavy atom. The monoisotopic (exact) mass is 399 g/mol. The Balaban J connectivity index is 1.82. The van der Waals surface area contributed by atoms with Gasteiger partial charge in [-0.2, -0.15) is 5.10 Å². The Morgan fingerprint density at radius 1 is 1.18 bits per heavy atom. The van der Waals surface area contributed by atoms with Crippen molar-refractivity contribution in [1.82, 2.24) is 15.1 Å². The average molecular weight is 400 g/mol. The Bertz CT molecular complexity index is 1060. The molecule has 3 aromatic rings. The summed E-state index contributed by atoms with van der Waals surface area (Å²) < 4.78 is 6.18. The summed E-state index contributed by atoms with van der Waals surface area (Å²) in [6, 6.07) is 13.2. The van der Waals surface area contributed by atoms with Crippen LogP contribution in [0.5, 0.6) is 0 Å². The molecule has 0 aliphatic carbocycles. The lowest BCUT2D eigenvalue weighted by molar-refractivity contribution is -0.141. The SMILES string of the molecule is COC(=O)CC(NC(=O)Cn1ncc(=O)c2ccccc21)c1ccc(Cl)cc1. The van der Waals surface area contributed by atoms with Gasteiger partial charge in [0.15, 0.2) is 0 Å². The number of nitrogens with one attached hydrogen (secondary N) is 1. The first kappa shape index (κ1) is 19.6. The van der Waals surface area contributed by atoms with Crippen LogP contribution in [0, 0.1) is 0 Å². The van der Waals surface area contributed by atoms with Crippen molar-refractivity contribution in [2.24, 2.45) is 0 Å². The van der Waals surface area contributed by atoms with E-state index in [2.05, 4.69) is 10.4 Å². The maximum absolute atomic E-state index is 12.6. The molecular formula is C20H18ClN3O4. The summed E-state index contributed by atoms with van der Waals surface area (Å²) >= 11 is 5.91. The summed E-state index contributed by atoms with van der Waals surface area (Å²) in [5.41, 5.74) is 1.07. The van der Waals surface area contributed by atoms with Gasteiger partial charge in [0.1, 0.15) is 6.54 Å². The molecule has 2 aromatic carbocycles. The zero-order valence-electron chi connectivity index (χ0n) is 15.1. The van der Waals surface area contributed by atoms with Gasteiger partial charge < -0.3 is 10.1 Å². The Morgan fingerprint density at radius 2 is 1.89 bits per heavy atom. The smallest absolute Gasteiger partial charge is 0.307 e. The van der Waals surface area contributed by atoms with Crippen molar-refractivity contribution in [1.29, 1.82) is 0 Å². The molecule has 144 valence electrons. The number of esters is 1. The fourth-order valence-electron chi connectivity index (χ4n) is 2.86. The van der Waals surface area contributed by atoms with Crippen LogP contribution >= 0.6 is 11.6 Å². The van der Waals surface area contributed by atoms with E-state index in [1.807, 2.05) is 0 Å². The highest BCUT2D eigenvalue weighted by Crippen LogP contribution is 2.20. The maximum atomic E-state index is 12.6. The Hall–Kier alpha value is -3.19. The Kier molecular flexibility index (Phi) is 6.06. The molecule has 3 rings (SSSR count). The first-order chi connectivity index (χ1) is 13.5. The summed E-state index contributed by atoms with van der Waals surface area (Å²) in [5.74, 6) is -0.808. The summed E-state index contributed by atoms with van der Waals surface area (Å²) in [4.78, 5) is 36.3. The van der Waals surface area contributed by atoms with E-state index in [1.165, 1.54) is 18.0 Å². The lowest BCUT2D eigenvalue weighted by Gasteiger charge is -2.19. The summed E-state index contributed by atoms with van der Waals surface area (Å²) in [7, 11) is 1.29. The van der Waals surface area contributed by atoms with Crippen LogP contribution in [0.4, 0.5) is 0 Å². The van der Waals surface area contributed by atoms with Gasteiger partial charge in [0, 0.05) is 10.4 Å². The van der Waals surface area contributed by atoms with Gasteiger partial charge in [0.2, 0.25) is 11.3 Å².